The van der Waals surface area contributed by atoms with Gasteiger partial charge in [0, 0.05) is 32.6 Å². The van der Waals surface area contributed by atoms with Gasteiger partial charge in [0.1, 0.15) is 5.58 Å². The van der Waals surface area contributed by atoms with Crippen molar-refractivity contribution in [1.82, 2.24) is 4.98 Å². The molecule has 3 heteroatoms. The van der Waals surface area contributed by atoms with E-state index < -0.39 is 0 Å². The Labute approximate surface area is 225 Å². The number of aromatic nitrogens is 1. The van der Waals surface area contributed by atoms with Gasteiger partial charge in [-0.1, -0.05) is 116 Å². The zero-order chi connectivity index (χ0) is 26.9. The summed E-state index contributed by atoms with van der Waals surface area (Å²) in [5.41, 5.74) is 12.3. The minimum absolute atomic E-state index is 0.750. The summed E-state index contributed by atoms with van der Waals surface area (Å²) in [7, 11) is 0. The van der Waals surface area contributed by atoms with Crippen LogP contribution in [0, 0.1) is 6.92 Å². The number of hydrogen-bond acceptors (Lipinski definition) is 2. The molecule has 192 valence electrons. The lowest BCUT2D eigenvalue weighted by Crippen LogP contribution is -1.87. The van der Waals surface area contributed by atoms with Gasteiger partial charge < -0.3 is 15.1 Å². The second-order valence-electron chi connectivity index (χ2n) is 9.14. The predicted molar refractivity (Wildman–Crippen MR) is 167 cm³/mol. The Morgan fingerprint density at radius 1 is 0.816 bits per heavy atom. The number of allylic oxidation sites excluding steroid dienone is 5. The van der Waals surface area contributed by atoms with Crippen LogP contribution in [0.1, 0.15) is 31.4 Å². The van der Waals surface area contributed by atoms with Crippen LogP contribution in [0.4, 0.5) is 0 Å². The molecule has 0 atom stereocenters. The molecule has 0 fully saturated rings. The molecule has 0 spiro atoms. The maximum absolute atomic E-state index is 6.44. The Morgan fingerprint density at radius 3 is 2.18 bits per heavy atom. The number of fused-ring (bicyclic) bond motifs is 7. The number of para-hydroxylation sites is 2. The lowest BCUT2D eigenvalue weighted by molar-refractivity contribution is 0.670. The van der Waals surface area contributed by atoms with Crippen molar-refractivity contribution in [3.8, 4) is 0 Å². The van der Waals surface area contributed by atoms with Crippen molar-refractivity contribution in [3.05, 3.63) is 127 Å². The van der Waals surface area contributed by atoms with Crippen LogP contribution >= 0.6 is 0 Å². The standard InChI is InChI=1S/C26H21NO.C7H8.C2H7N/c1-3-4-5-6-10-17(2)18-12-9-13-21-22-16-15-20-19-11-7-8-14-23(19)27-24(20)26(22)28-25(18)21;1-7-5-3-2-4-6-7;1-2-3/h3-9,11-16,27H,2,10H2,1H3;2-6H,1H3;2-3H2,1H3/b4-3-,6-5-;;. The molecule has 3 nitrogen and oxygen atoms in total. The number of furan rings is 1. The summed E-state index contributed by atoms with van der Waals surface area (Å²) in [4.78, 5) is 3.54. The van der Waals surface area contributed by atoms with Gasteiger partial charge in [-0.25, -0.2) is 0 Å². The van der Waals surface area contributed by atoms with E-state index in [9.17, 15) is 0 Å². The number of aromatic amines is 1. The second-order valence-corrected chi connectivity index (χ2v) is 9.14. The normalized spacial score (nSPS) is 11.3. The van der Waals surface area contributed by atoms with Crippen LogP contribution in [0.15, 0.2) is 120 Å². The monoisotopic (exact) mass is 500 g/mol. The van der Waals surface area contributed by atoms with E-state index in [2.05, 4.69) is 97.4 Å². The first-order valence-electron chi connectivity index (χ1n) is 13.1. The Hall–Kier alpha value is -4.34. The van der Waals surface area contributed by atoms with E-state index in [4.69, 9.17) is 10.2 Å². The van der Waals surface area contributed by atoms with Gasteiger partial charge in [0.2, 0.25) is 0 Å². The van der Waals surface area contributed by atoms with Gasteiger partial charge in [-0.05, 0) is 44.5 Å². The number of nitrogens with one attached hydrogen (secondary N) is 1. The molecule has 0 bridgehead atoms. The zero-order valence-electron chi connectivity index (χ0n) is 22.5. The van der Waals surface area contributed by atoms with E-state index >= 15 is 0 Å². The smallest absolute Gasteiger partial charge is 0.159 e. The average molecular weight is 501 g/mol. The van der Waals surface area contributed by atoms with Crippen molar-refractivity contribution in [3.63, 3.8) is 0 Å². The Kier molecular flexibility index (Phi) is 8.97. The van der Waals surface area contributed by atoms with E-state index in [1.54, 1.807) is 0 Å². The maximum atomic E-state index is 6.44. The first-order valence-corrected chi connectivity index (χ1v) is 13.1. The number of benzene rings is 4. The summed E-state index contributed by atoms with van der Waals surface area (Å²) < 4.78 is 6.44. The number of H-pyrrole nitrogens is 1. The summed E-state index contributed by atoms with van der Waals surface area (Å²) in [6.07, 6.45) is 9.02. The topological polar surface area (TPSA) is 55.0 Å². The van der Waals surface area contributed by atoms with Crippen LogP contribution in [0.2, 0.25) is 0 Å². The van der Waals surface area contributed by atoms with Crippen LogP contribution in [-0.4, -0.2) is 11.5 Å². The summed E-state index contributed by atoms with van der Waals surface area (Å²) in [5.74, 6) is 0. The molecule has 6 aromatic rings. The third-order valence-electron chi connectivity index (χ3n) is 6.27. The fourth-order valence-electron chi connectivity index (χ4n) is 4.49. The van der Waals surface area contributed by atoms with Crippen molar-refractivity contribution in [2.75, 3.05) is 6.54 Å². The molecule has 0 aliphatic rings. The Morgan fingerprint density at radius 2 is 1.47 bits per heavy atom. The molecule has 2 aromatic heterocycles. The Bertz CT molecular complexity index is 1720. The summed E-state index contributed by atoms with van der Waals surface area (Å²) in [6.45, 7) is 11.0. The third kappa shape index (κ3) is 5.80. The zero-order valence-corrected chi connectivity index (χ0v) is 22.5. The lowest BCUT2D eigenvalue weighted by Gasteiger charge is -2.03. The number of aryl methyl sites for hydroxylation is 1. The van der Waals surface area contributed by atoms with E-state index in [0.29, 0.717) is 0 Å². The highest BCUT2D eigenvalue weighted by Crippen LogP contribution is 2.39. The van der Waals surface area contributed by atoms with Crippen LogP contribution in [-0.2, 0) is 0 Å². The molecule has 0 saturated carbocycles. The average Bonchev–Trinajstić information content (AvgIpc) is 3.51. The van der Waals surface area contributed by atoms with Crippen molar-refractivity contribution in [1.29, 1.82) is 0 Å². The van der Waals surface area contributed by atoms with Gasteiger partial charge in [0.05, 0.1) is 5.52 Å². The number of nitrogens with two attached hydrogens (primary N) is 1. The van der Waals surface area contributed by atoms with Gasteiger partial charge in [0.15, 0.2) is 5.58 Å². The van der Waals surface area contributed by atoms with Crippen molar-refractivity contribution >= 4 is 49.3 Å². The van der Waals surface area contributed by atoms with Crippen LogP contribution < -0.4 is 5.73 Å². The molecule has 2 heterocycles. The highest BCUT2D eigenvalue weighted by Gasteiger charge is 2.16. The number of hydrogen-bond donors (Lipinski definition) is 2. The minimum atomic E-state index is 0.750. The second kappa shape index (κ2) is 12.8. The largest absolute Gasteiger partial charge is 0.453 e. The molecular weight excluding hydrogens is 464 g/mol. The molecule has 38 heavy (non-hydrogen) atoms. The van der Waals surface area contributed by atoms with Crippen molar-refractivity contribution < 1.29 is 4.42 Å². The molecular formula is C35H36N2O. The van der Waals surface area contributed by atoms with Gasteiger partial charge >= 0.3 is 0 Å². The molecule has 0 aliphatic carbocycles. The van der Waals surface area contributed by atoms with Gasteiger partial charge in [0.25, 0.3) is 0 Å². The predicted octanol–water partition coefficient (Wildman–Crippen LogP) is 9.72. The first kappa shape index (κ1) is 26.7. The van der Waals surface area contributed by atoms with Crippen molar-refractivity contribution in [2.24, 2.45) is 5.73 Å². The lowest BCUT2D eigenvalue weighted by atomic mass is 10.0. The molecule has 4 aromatic carbocycles. The highest BCUT2D eigenvalue weighted by molar-refractivity contribution is 6.20. The van der Waals surface area contributed by atoms with E-state index in [0.717, 1.165) is 57.1 Å². The highest BCUT2D eigenvalue weighted by atomic mass is 16.3. The summed E-state index contributed by atoms with van der Waals surface area (Å²) >= 11 is 0. The fourth-order valence-corrected chi connectivity index (χ4v) is 4.49. The fraction of sp³-hybridized carbons (Fsp3) is 0.143. The van der Waals surface area contributed by atoms with E-state index in [1.807, 2.05) is 44.2 Å². The molecule has 0 saturated heterocycles. The third-order valence-corrected chi connectivity index (χ3v) is 6.27. The van der Waals surface area contributed by atoms with Gasteiger partial charge in [-0.2, -0.15) is 0 Å². The summed E-state index contributed by atoms with van der Waals surface area (Å²) in [6, 6.07) is 29.3. The molecule has 0 amide bonds. The maximum Gasteiger partial charge on any atom is 0.159 e. The van der Waals surface area contributed by atoms with E-state index in [1.165, 1.54) is 16.3 Å². The molecule has 0 unspecified atom stereocenters. The Balaban J connectivity index is 0.000000286. The van der Waals surface area contributed by atoms with Crippen LogP contribution in [0.3, 0.4) is 0 Å². The van der Waals surface area contributed by atoms with Crippen molar-refractivity contribution in [2.45, 2.75) is 27.2 Å². The summed E-state index contributed by atoms with van der Waals surface area (Å²) in [5, 5.41) is 4.68. The molecule has 6 rings (SSSR count). The van der Waals surface area contributed by atoms with Crippen LogP contribution in [0.25, 0.3) is 49.3 Å². The SMILES string of the molecule is C=C(C/C=C\C=C/C)c1cccc2c1oc1c2ccc2c3ccccc3[nH]c21.CCN.Cc1ccccc1. The molecule has 0 aliphatic heterocycles. The van der Waals surface area contributed by atoms with Crippen LogP contribution in [0.5, 0.6) is 0 Å². The molecule has 0 radical (unpaired) electrons. The van der Waals surface area contributed by atoms with E-state index in [-0.39, 0.29) is 0 Å². The number of rotatable bonds is 4. The molecule has 3 N–H and O–H groups in total. The quantitative estimate of drug-likeness (QED) is 0.237. The first-order chi connectivity index (χ1) is 18.6. The van der Waals surface area contributed by atoms with Gasteiger partial charge in [-0.3, -0.25) is 0 Å². The van der Waals surface area contributed by atoms with Gasteiger partial charge in [-0.15, -0.1) is 0 Å². The minimum Gasteiger partial charge on any atom is -0.453 e.